The van der Waals surface area contributed by atoms with Gasteiger partial charge in [-0.25, -0.2) is 0 Å². The van der Waals surface area contributed by atoms with Gasteiger partial charge >= 0.3 is 0 Å². The molecule has 0 heterocycles. The monoisotopic (exact) mass is 325 g/mol. The Morgan fingerprint density at radius 3 is 2.32 bits per heavy atom. The van der Waals surface area contributed by atoms with Crippen LogP contribution >= 0.6 is 12.4 Å². The van der Waals surface area contributed by atoms with Crippen LogP contribution in [0.1, 0.15) is 43.5 Å². The first-order valence-electron chi connectivity index (χ1n) is 7.43. The molecule has 1 aliphatic rings. The van der Waals surface area contributed by atoms with E-state index in [4.69, 9.17) is 5.73 Å². The summed E-state index contributed by atoms with van der Waals surface area (Å²) in [6.45, 7) is 3.83. The molecule has 2 rings (SSSR count). The zero-order valence-corrected chi connectivity index (χ0v) is 13.8. The number of hydrogen-bond acceptors (Lipinski definition) is 3. The summed E-state index contributed by atoms with van der Waals surface area (Å²) in [7, 11) is 0. The van der Waals surface area contributed by atoms with Crippen molar-refractivity contribution in [2.24, 2.45) is 11.7 Å². The van der Waals surface area contributed by atoms with Crippen molar-refractivity contribution in [3.63, 3.8) is 0 Å². The van der Waals surface area contributed by atoms with Gasteiger partial charge in [0.1, 0.15) is 0 Å². The van der Waals surface area contributed by atoms with Crippen LogP contribution in [0.15, 0.2) is 24.3 Å². The van der Waals surface area contributed by atoms with Crippen LogP contribution in [0, 0.1) is 5.92 Å². The van der Waals surface area contributed by atoms with Gasteiger partial charge in [-0.05, 0) is 57.4 Å². The summed E-state index contributed by atoms with van der Waals surface area (Å²) in [6, 6.07) is 7.18. The van der Waals surface area contributed by atoms with Crippen molar-refractivity contribution in [1.29, 1.82) is 0 Å². The Kier molecular flexibility index (Phi) is 6.84. The number of rotatable bonds is 4. The van der Waals surface area contributed by atoms with Gasteiger partial charge in [-0.15, -0.1) is 12.4 Å². The first-order chi connectivity index (χ1) is 9.95. The summed E-state index contributed by atoms with van der Waals surface area (Å²) in [4.78, 5) is 23.9. The summed E-state index contributed by atoms with van der Waals surface area (Å²) < 4.78 is 0. The van der Waals surface area contributed by atoms with Gasteiger partial charge in [-0.2, -0.15) is 0 Å². The lowest BCUT2D eigenvalue weighted by Crippen LogP contribution is -2.30. The van der Waals surface area contributed by atoms with Gasteiger partial charge < -0.3 is 16.4 Å². The second-order valence-corrected chi connectivity index (χ2v) is 5.96. The molecule has 0 aromatic heterocycles. The normalized spacial score (nSPS) is 20.4. The maximum atomic E-state index is 12.1. The van der Waals surface area contributed by atoms with E-state index in [1.54, 1.807) is 24.3 Å². The summed E-state index contributed by atoms with van der Waals surface area (Å²) in [5, 5.41) is 5.71. The average Bonchev–Trinajstić information content (AvgIpc) is 2.85. The van der Waals surface area contributed by atoms with Crippen LogP contribution in [0.5, 0.6) is 0 Å². The lowest BCUT2D eigenvalue weighted by Gasteiger charge is -2.12. The molecule has 0 aliphatic heterocycles. The summed E-state index contributed by atoms with van der Waals surface area (Å²) in [6.07, 6.45) is 2.51. The maximum Gasteiger partial charge on any atom is 0.251 e. The molecule has 22 heavy (non-hydrogen) atoms. The zero-order valence-electron chi connectivity index (χ0n) is 13.0. The van der Waals surface area contributed by atoms with E-state index < -0.39 is 0 Å². The Balaban J connectivity index is 0.00000242. The molecule has 1 aromatic rings. The van der Waals surface area contributed by atoms with E-state index in [1.807, 2.05) is 13.8 Å². The Morgan fingerprint density at radius 1 is 1.18 bits per heavy atom. The zero-order chi connectivity index (χ0) is 15.4. The molecule has 1 saturated carbocycles. The minimum atomic E-state index is -0.107. The highest BCUT2D eigenvalue weighted by molar-refractivity contribution is 5.96. The van der Waals surface area contributed by atoms with Gasteiger partial charge in [0.25, 0.3) is 5.91 Å². The highest BCUT2D eigenvalue weighted by atomic mass is 35.5. The van der Waals surface area contributed by atoms with E-state index in [-0.39, 0.29) is 42.2 Å². The van der Waals surface area contributed by atoms with Gasteiger partial charge in [0.2, 0.25) is 5.91 Å². The fraction of sp³-hybridized carbons (Fsp3) is 0.500. The summed E-state index contributed by atoms with van der Waals surface area (Å²) in [5.41, 5.74) is 7.12. The minimum absolute atomic E-state index is 0. The second kappa shape index (κ2) is 8.15. The molecular weight excluding hydrogens is 302 g/mol. The third-order valence-electron chi connectivity index (χ3n) is 3.68. The topological polar surface area (TPSA) is 84.2 Å². The highest BCUT2D eigenvalue weighted by Gasteiger charge is 2.27. The van der Waals surface area contributed by atoms with Crippen LogP contribution in [0.3, 0.4) is 0 Å². The first-order valence-corrected chi connectivity index (χ1v) is 7.43. The smallest absolute Gasteiger partial charge is 0.251 e. The number of hydrogen-bond donors (Lipinski definition) is 3. The standard InChI is InChI=1S/C16H23N3O2.ClH/c1-10(2)18-15(20)11-4-7-14(8-5-11)19-16(21)12-3-6-13(17)9-12;/h4-5,7-8,10,12-13H,3,6,9,17H2,1-2H3,(H,18,20)(H,19,21);1H. The molecule has 1 aromatic carbocycles. The lowest BCUT2D eigenvalue weighted by atomic mass is 10.1. The van der Waals surface area contributed by atoms with E-state index in [0.717, 1.165) is 19.3 Å². The van der Waals surface area contributed by atoms with Gasteiger partial charge in [0.15, 0.2) is 0 Å². The number of carbonyl (C=O) groups excluding carboxylic acids is 2. The molecular formula is C16H24ClN3O2. The molecule has 0 radical (unpaired) electrons. The number of amides is 2. The van der Waals surface area contributed by atoms with Crippen LogP contribution in [-0.4, -0.2) is 23.9 Å². The van der Waals surface area contributed by atoms with Crippen LogP contribution in [0.2, 0.25) is 0 Å². The predicted octanol–water partition coefficient (Wildman–Crippen LogP) is 2.31. The third-order valence-corrected chi connectivity index (χ3v) is 3.68. The number of benzene rings is 1. The molecule has 2 unspecified atom stereocenters. The average molecular weight is 326 g/mol. The minimum Gasteiger partial charge on any atom is -0.350 e. The van der Waals surface area contributed by atoms with Crippen molar-refractivity contribution in [3.05, 3.63) is 29.8 Å². The van der Waals surface area contributed by atoms with Gasteiger partial charge in [-0.1, -0.05) is 0 Å². The molecule has 5 nitrogen and oxygen atoms in total. The number of carbonyl (C=O) groups is 2. The van der Waals surface area contributed by atoms with Crippen molar-refractivity contribution < 1.29 is 9.59 Å². The highest BCUT2D eigenvalue weighted by Crippen LogP contribution is 2.25. The number of anilines is 1. The van der Waals surface area contributed by atoms with Crippen molar-refractivity contribution in [1.82, 2.24) is 5.32 Å². The second-order valence-electron chi connectivity index (χ2n) is 5.96. The molecule has 4 N–H and O–H groups in total. The van der Waals surface area contributed by atoms with Gasteiger partial charge in [-0.3, -0.25) is 9.59 Å². The molecule has 1 aliphatic carbocycles. The Bertz CT molecular complexity index is 517. The Labute approximate surface area is 137 Å². The predicted molar refractivity (Wildman–Crippen MR) is 90.2 cm³/mol. The quantitative estimate of drug-likeness (QED) is 0.794. The molecule has 122 valence electrons. The van der Waals surface area contributed by atoms with Crippen LogP contribution in [0.4, 0.5) is 5.69 Å². The maximum absolute atomic E-state index is 12.1. The summed E-state index contributed by atoms with van der Waals surface area (Å²) >= 11 is 0. The number of nitrogens with one attached hydrogen (secondary N) is 2. The molecule has 0 bridgehead atoms. The molecule has 6 heteroatoms. The van der Waals surface area contributed by atoms with Crippen LogP contribution in [0.25, 0.3) is 0 Å². The Morgan fingerprint density at radius 2 is 1.82 bits per heavy atom. The SMILES string of the molecule is CC(C)NC(=O)c1ccc(NC(=O)C2CCC(N)C2)cc1.Cl. The lowest BCUT2D eigenvalue weighted by molar-refractivity contribution is -0.119. The van der Waals surface area contributed by atoms with Gasteiger partial charge in [0.05, 0.1) is 0 Å². The molecule has 2 atom stereocenters. The van der Waals surface area contributed by atoms with E-state index in [9.17, 15) is 9.59 Å². The number of nitrogens with two attached hydrogens (primary N) is 1. The third kappa shape index (κ3) is 5.00. The van der Waals surface area contributed by atoms with Crippen molar-refractivity contribution in [2.45, 2.75) is 45.2 Å². The first kappa shape index (κ1) is 18.5. The van der Waals surface area contributed by atoms with E-state index in [0.29, 0.717) is 11.3 Å². The van der Waals surface area contributed by atoms with Crippen molar-refractivity contribution in [2.75, 3.05) is 5.32 Å². The number of halogens is 1. The Hall–Kier alpha value is -1.59. The van der Waals surface area contributed by atoms with Crippen molar-refractivity contribution >= 4 is 29.9 Å². The van der Waals surface area contributed by atoms with E-state index in [2.05, 4.69) is 10.6 Å². The molecule has 1 fully saturated rings. The fourth-order valence-corrected chi connectivity index (χ4v) is 2.55. The largest absolute Gasteiger partial charge is 0.350 e. The van der Waals surface area contributed by atoms with Crippen LogP contribution in [-0.2, 0) is 4.79 Å². The molecule has 2 amide bonds. The molecule has 0 spiro atoms. The fourth-order valence-electron chi connectivity index (χ4n) is 2.55. The van der Waals surface area contributed by atoms with Crippen molar-refractivity contribution in [3.8, 4) is 0 Å². The molecule has 0 saturated heterocycles. The summed E-state index contributed by atoms with van der Waals surface area (Å²) in [5.74, 6) is -0.0871. The van der Waals surface area contributed by atoms with Gasteiger partial charge in [0, 0.05) is 29.3 Å². The van der Waals surface area contributed by atoms with E-state index >= 15 is 0 Å². The van der Waals surface area contributed by atoms with E-state index in [1.165, 1.54) is 0 Å². The van der Waals surface area contributed by atoms with Crippen LogP contribution < -0.4 is 16.4 Å².